The fourth-order valence-electron chi connectivity index (χ4n) is 4.03. The van der Waals surface area contributed by atoms with Crippen LogP contribution in [0.1, 0.15) is 24.4 Å². The molecule has 4 rings (SSSR count). The Morgan fingerprint density at radius 1 is 1.04 bits per heavy atom. The van der Waals surface area contributed by atoms with Gasteiger partial charge in [-0.2, -0.15) is 0 Å². The van der Waals surface area contributed by atoms with Crippen molar-refractivity contribution in [3.63, 3.8) is 0 Å². The summed E-state index contributed by atoms with van der Waals surface area (Å²) >= 11 is 6.40. The van der Waals surface area contributed by atoms with E-state index in [-0.39, 0.29) is 23.8 Å². The highest BCUT2D eigenvalue weighted by molar-refractivity contribution is 6.31. The first kappa shape index (κ1) is 18.7. The van der Waals surface area contributed by atoms with Crippen molar-refractivity contribution < 1.29 is 9.59 Å². The van der Waals surface area contributed by atoms with Gasteiger partial charge in [-0.15, -0.1) is 0 Å². The summed E-state index contributed by atoms with van der Waals surface area (Å²) in [6, 6.07) is 7.97. The lowest BCUT2D eigenvalue weighted by Gasteiger charge is -2.39. The minimum absolute atomic E-state index is 0.106. The molecule has 1 aromatic carbocycles. The Bertz CT molecular complexity index is 701. The van der Waals surface area contributed by atoms with Gasteiger partial charge in [0.05, 0.1) is 6.54 Å². The van der Waals surface area contributed by atoms with Crippen molar-refractivity contribution in [2.24, 2.45) is 5.92 Å². The summed E-state index contributed by atoms with van der Waals surface area (Å²) in [5.41, 5.74) is 1.07. The Hall–Kier alpha value is -1.63. The molecule has 7 heteroatoms. The predicted octanol–water partition coefficient (Wildman–Crippen LogP) is 1.37. The van der Waals surface area contributed by atoms with Gasteiger partial charge >= 0.3 is 0 Å². The number of piperazine rings is 2. The molecule has 27 heavy (non-hydrogen) atoms. The number of rotatable bonds is 4. The average molecular weight is 391 g/mol. The second-order valence-corrected chi connectivity index (χ2v) is 8.10. The fourth-order valence-corrected chi connectivity index (χ4v) is 4.29. The van der Waals surface area contributed by atoms with Gasteiger partial charge < -0.3 is 15.1 Å². The zero-order valence-electron chi connectivity index (χ0n) is 15.6. The zero-order chi connectivity index (χ0) is 18.8. The summed E-state index contributed by atoms with van der Waals surface area (Å²) in [4.78, 5) is 31.1. The van der Waals surface area contributed by atoms with Crippen molar-refractivity contribution in [1.82, 2.24) is 20.0 Å². The van der Waals surface area contributed by atoms with Gasteiger partial charge in [0.1, 0.15) is 0 Å². The average Bonchev–Trinajstić information content (AvgIpc) is 3.54. The number of carbonyl (C=O) groups is 2. The van der Waals surface area contributed by atoms with Crippen molar-refractivity contribution in [2.75, 3.05) is 52.4 Å². The summed E-state index contributed by atoms with van der Waals surface area (Å²) < 4.78 is 0. The van der Waals surface area contributed by atoms with E-state index in [1.807, 2.05) is 34.1 Å². The van der Waals surface area contributed by atoms with Crippen molar-refractivity contribution >= 4 is 23.4 Å². The van der Waals surface area contributed by atoms with Crippen LogP contribution in [0.3, 0.4) is 0 Å². The number of amides is 2. The van der Waals surface area contributed by atoms with Gasteiger partial charge in [0.15, 0.2) is 0 Å². The molecule has 6 nitrogen and oxygen atoms in total. The number of benzene rings is 1. The van der Waals surface area contributed by atoms with Crippen molar-refractivity contribution in [3.8, 4) is 0 Å². The highest BCUT2D eigenvalue weighted by Crippen LogP contribution is 2.31. The number of nitrogens with one attached hydrogen (secondary N) is 1. The molecule has 0 bridgehead atoms. The zero-order valence-corrected chi connectivity index (χ0v) is 16.3. The SMILES string of the molecule is O=C(CN1CCNCC1c1ccccc1Cl)N1CCN(C(=O)C2CC2)CC1. The maximum Gasteiger partial charge on any atom is 0.236 e. The minimum Gasteiger partial charge on any atom is -0.339 e. The maximum absolute atomic E-state index is 12.9. The van der Waals surface area contributed by atoms with Crippen LogP contribution in [0.5, 0.6) is 0 Å². The molecule has 0 spiro atoms. The largest absolute Gasteiger partial charge is 0.339 e. The molecule has 0 aromatic heterocycles. The molecule has 1 unspecified atom stereocenters. The summed E-state index contributed by atoms with van der Waals surface area (Å²) in [6.07, 6.45) is 2.06. The standard InChI is InChI=1S/C20H27ClN4O2/c21-17-4-2-1-3-16(17)18-13-22-7-8-25(18)14-19(26)23-9-11-24(12-10-23)20(27)15-5-6-15/h1-4,15,18,22H,5-14H2. The summed E-state index contributed by atoms with van der Waals surface area (Å²) in [6.45, 7) is 5.49. The van der Waals surface area contributed by atoms with E-state index in [0.717, 1.165) is 43.1 Å². The molecule has 1 aromatic rings. The van der Waals surface area contributed by atoms with E-state index >= 15 is 0 Å². The second-order valence-electron chi connectivity index (χ2n) is 7.69. The number of hydrogen-bond acceptors (Lipinski definition) is 4. The fraction of sp³-hybridized carbons (Fsp3) is 0.600. The van der Waals surface area contributed by atoms with E-state index in [2.05, 4.69) is 10.2 Å². The minimum atomic E-state index is 0.106. The molecule has 3 aliphatic rings. The molecule has 2 aliphatic heterocycles. The third-order valence-corrected chi connectivity index (χ3v) is 6.17. The van der Waals surface area contributed by atoms with Crippen molar-refractivity contribution in [1.29, 1.82) is 0 Å². The molecule has 1 saturated carbocycles. The first-order valence-corrected chi connectivity index (χ1v) is 10.3. The molecule has 3 fully saturated rings. The van der Waals surface area contributed by atoms with Gasteiger partial charge in [0, 0.05) is 62.8 Å². The molecule has 1 N–H and O–H groups in total. The quantitative estimate of drug-likeness (QED) is 0.843. The van der Waals surface area contributed by atoms with Crippen LogP contribution in [0.15, 0.2) is 24.3 Å². The summed E-state index contributed by atoms with van der Waals surface area (Å²) in [7, 11) is 0. The first-order chi connectivity index (χ1) is 13.1. The number of hydrogen-bond donors (Lipinski definition) is 1. The van der Waals surface area contributed by atoms with Crippen LogP contribution < -0.4 is 5.32 Å². The van der Waals surface area contributed by atoms with E-state index in [4.69, 9.17) is 11.6 Å². The highest BCUT2D eigenvalue weighted by Gasteiger charge is 2.35. The highest BCUT2D eigenvalue weighted by atomic mass is 35.5. The van der Waals surface area contributed by atoms with Crippen molar-refractivity contribution in [3.05, 3.63) is 34.9 Å². The predicted molar refractivity (Wildman–Crippen MR) is 105 cm³/mol. The Kier molecular flexibility index (Phi) is 5.66. The lowest BCUT2D eigenvalue weighted by atomic mass is 10.0. The van der Waals surface area contributed by atoms with Crippen LogP contribution in [0.4, 0.5) is 0 Å². The Labute approximate surface area is 165 Å². The van der Waals surface area contributed by atoms with E-state index in [1.54, 1.807) is 0 Å². The molecule has 2 heterocycles. The lowest BCUT2D eigenvalue weighted by molar-refractivity contribution is -0.141. The third kappa shape index (κ3) is 4.28. The van der Waals surface area contributed by atoms with E-state index in [0.29, 0.717) is 32.7 Å². The van der Waals surface area contributed by atoms with Crippen LogP contribution in [-0.4, -0.2) is 78.9 Å². The second kappa shape index (κ2) is 8.17. The van der Waals surface area contributed by atoms with Crippen LogP contribution in [0.25, 0.3) is 0 Å². The van der Waals surface area contributed by atoms with E-state index in [9.17, 15) is 9.59 Å². The molecular weight excluding hydrogens is 364 g/mol. The smallest absolute Gasteiger partial charge is 0.236 e. The van der Waals surface area contributed by atoms with Gasteiger partial charge in [0.2, 0.25) is 11.8 Å². The Balaban J connectivity index is 1.35. The first-order valence-electron chi connectivity index (χ1n) is 9.89. The molecule has 146 valence electrons. The molecule has 1 aliphatic carbocycles. The van der Waals surface area contributed by atoms with Crippen LogP contribution >= 0.6 is 11.6 Å². The topological polar surface area (TPSA) is 55.9 Å². The molecule has 2 saturated heterocycles. The van der Waals surface area contributed by atoms with E-state index < -0.39 is 0 Å². The molecule has 2 amide bonds. The summed E-state index contributed by atoms with van der Waals surface area (Å²) in [5.74, 6) is 0.681. The van der Waals surface area contributed by atoms with Gasteiger partial charge in [-0.3, -0.25) is 14.5 Å². The number of carbonyl (C=O) groups excluding carboxylic acids is 2. The number of halogens is 1. The molecular formula is C20H27ClN4O2. The van der Waals surface area contributed by atoms with Gasteiger partial charge in [0.25, 0.3) is 0 Å². The summed E-state index contributed by atoms with van der Waals surface area (Å²) in [5, 5.41) is 4.15. The van der Waals surface area contributed by atoms with Gasteiger partial charge in [-0.05, 0) is 24.5 Å². The maximum atomic E-state index is 12.9. The van der Waals surface area contributed by atoms with Gasteiger partial charge in [-0.25, -0.2) is 0 Å². The molecule has 0 radical (unpaired) electrons. The monoisotopic (exact) mass is 390 g/mol. The van der Waals surface area contributed by atoms with E-state index in [1.165, 1.54) is 0 Å². The van der Waals surface area contributed by atoms with Crippen LogP contribution in [-0.2, 0) is 9.59 Å². The Morgan fingerprint density at radius 3 is 2.44 bits per heavy atom. The normalized spacial score (nSPS) is 24.1. The van der Waals surface area contributed by atoms with Gasteiger partial charge in [-0.1, -0.05) is 29.8 Å². The van der Waals surface area contributed by atoms with Crippen LogP contribution in [0.2, 0.25) is 5.02 Å². The van der Waals surface area contributed by atoms with Crippen LogP contribution in [0, 0.1) is 5.92 Å². The van der Waals surface area contributed by atoms with Crippen molar-refractivity contribution in [2.45, 2.75) is 18.9 Å². The lowest BCUT2D eigenvalue weighted by Crippen LogP contribution is -2.55. The Morgan fingerprint density at radius 2 is 1.74 bits per heavy atom. The third-order valence-electron chi connectivity index (χ3n) is 5.83. The number of nitrogens with zero attached hydrogens (tertiary/aromatic N) is 3. The molecule has 1 atom stereocenters.